The average Bonchev–Trinajstić information content (AvgIpc) is 2.67. The van der Waals surface area contributed by atoms with Gasteiger partial charge in [0.05, 0.1) is 10.6 Å². The van der Waals surface area contributed by atoms with Crippen LogP contribution in [0.4, 0.5) is 0 Å². The Morgan fingerprint density at radius 3 is 2.26 bits per heavy atom. The summed E-state index contributed by atoms with van der Waals surface area (Å²) in [5, 5.41) is 4.12. The minimum atomic E-state index is -3.62. The molecule has 2 aromatic rings. The summed E-state index contributed by atoms with van der Waals surface area (Å²) >= 11 is 0. The Balaban J connectivity index is 2.20. The number of hydrazone groups is 1. The van der Waals surface area contributed by atoms with Crippen LogP contribution in [0.25, 0.3) is 0 Å². The maximum absolute atomic E-state index is 12.6. The molecule has 0 atom stereocenters. The lowest BCUT2D eigenvalue weighted by Crippen LogP contribution is -2.30. The second-order valence-electron chi connectivity index (χ2n) is 6.12. The first kappa shape index (κ1) is 20.8. The van der Waals surface area contributed by atoms with Gasteiger partial charge in [0.2, 0.25) is 10.0 Å². The van der Waals surface area contributed by atoms with Gasteiger partial charge in [0.25, 0.3) is 5.91 Å². The van der Waals surface area contributed by atoms with E-state index in [1.807, 2.05) is 31.2 Å². The molecule has 0 aromatic heterocycles. The van der Waals surface area contributed by atoms with Gasteiger partial charge in [-0.25, -0.2) is 13.8 Å². The fourth-order valence-corrected chi connectivity index (χ4v) is 4.07. The van der Waals surface area contributed by atoms with Crippen LogP contribution in [-0.4, -0.2) is 37.4 Å². The standard InChI is InChI=1S/C20H25N3O3S/c1-5-23(6-2)27(25,26)19-9-7-8-18(14-19)20(24)22-21-16(4)17-12-10-15(3)11-13-17/h7-14H,5-6H2,1-4H3,(H,22,24)/b21-16+. The van der Waals surface area contributed by atoms with Crippen molar-refractivity contribution in [2.75, 3.05) is 13.1 Å². The largest absolute Gasteiger partial charge is 0.271 e. The van der Waals surface area contributed by atoms with Crippen molar-refractivity contribution >= 4 is 21.6 Å². The third-order valence-electron chi connectivity index (χ3n) is 4.23. The molecular weight excluding hydrogens is 362 g/mol. The van der Waals surface area contributed by atoms with Crippen LogP contribution in [-0.2, 0) is 10.0 Å². The van der Waals surface area contributed by atoms with E-state index in [1.165, 1.54) is 16.4 Å². The van der Waals surface area contributed by atoms with Crippen molar-refractivity contribution < 1.29 is 13.2 Å². The van der Waals surface area contributed by atoms with Crippen molar-refractivity contribution in [3.05, 3.63) is 65.2 Å². The number of sulfonamides is 1. The summed E-state index contributed by atoms with van der Waals surface area (Å²) in [6.45, 7) is 8.09. The van der Waals surface area contributed by atoms with Crippen molar-refractivity contribution in [1.29, 1.82) is 0 Å². The predicted molar refractivity (Wildman–Crippen MR) is 107 cm³/mol. The summed E-state index contributed by atoms with van der Waals surface area (Å²) in [6.07, 6.45) is 0. The smallest absolute Gasteiger partial charge is 0.267 e. The molecule has 27 heavy (non-hydrogen) atoms. The molecule has 0 unspecified atom stereocenters. The second-order valence-corrected chi connectivity index (χ2v) is 8.06. The lowest BCUT2D eigenvalue weighted by molar-refractivity contribution is 0.0954. The van der Waals surface area contributed by atoms with Crippen molar-refractivity contribution in [1.82, 2.24) is 9.73 Å². The number of carbonyl (C=O) groups is 1. The molecule has 0 aliphatic carbocycles. The third kappa shape index (κ3) is 5.02. The first-order chi connectivity index (χ1) is 12.8. The van der Waals surface area contributed by atoms with Gasteiger partial charge in [0.1, 0.15) is 0 Å². The molecule has 6 nitrogen and oxygen atoms in total. The molecule has 0 saturated carbocycles. The first-order valence-electron chi connectivity index (χ1n) is 8.81. The fourth-order valence-electron chi connectivity index (χ4n) is 2.57. The van der Waals surface area contributed by atoms with Gasteiger partial charge < -0.3 is 0 Å². The van der Waals surface area contributed by atoms with E-state index in [2.05, 4.69) is 10.5 Å². The maximum atomic E-state index is 12.6. The van der Waals surface area contributed by atoms with Gasteiger partial charge in [-0.1, -0.05) is 49.7 Å². The van der Waals surface area contributed by atoms with E-state index in [0.717, 1.165) is 11.1 Å². The molecule has 0 bridgehead atoms. The first-order valence-corrected chi connectivity index (χ1v) is 10.3. The number of hydrogen-bond donors (Lipinski definition) is 1. The Hall–Kier alpha value is -2.51. The van der Waals surface area contributed by atoms with Crippen LogP contribution in [0.5, 0.6) is 0 Å². The number of hydrogen-bond acceptors (Lipinski definition) is 4. The Morgan fingerprint density at radius 2 is 1.67 bits per heavy atom. The topological polar surface area (TPSA) is 78.8 Å². The van der Waals surface area contributed by atoms with Crippen LogP contribution in [0.15, 0.2) is 58.5 Å². The van der Waals surface area contributed by atoms with E-state index >= 15 is 0 Å². The van der Waals surface area contributed by atoms with E-state index in [1.54, 1.807) is 32.9 Å². The van der Waals surface area contributed by atoms with Crippen LogP contribution in [0, 0.1) is 6.92 Å². The highest BCUT2D eigenvalue weighted by Gasteiger charge is 2.22. The number of carbonyl (C=O) groups excluding carboxylic acids is 1. The molecule has 2 rings (SSSR count). The summed E-state index contributed by atoms with van der Waals surface area (Å²) in [6, 6.07) is 13.8. The molecular formula is C20H25N3O3S. The summed E-state index contributed by atoms with van der Waals surface area (Å²) in [4.78, 5) is 12.5. The highest BCUT2D eigenvalue weighted by atomic mass is 32.2. The van der Waals surface area contributed by atoms with Gasteiger partial charge in [-0.2, -0.15) is 9.41 Å². The molecule has 2 aromatic carbocycles. The predicted octanol–water partition coefficient (Wildman–Crippen LogP) is 3.18. The second kappa shape index (κ2) is 8.92. The van der Waals surface area contributed by atoms with E-state index < -0.39 is 15.9 Å². The van der Waals surface area contributed by atoms with Crippen molar-refractivity contribution in [3.8, 4) is 0 Å². The summed E-state index contributed by atoms with van der Waals surface area (Å²) in [5.74, 6) is -0.460. The lowest BCUT2D eigenvalue weighted by atomic mass is 10.1. The number of amides is 1. The fraction of sp³-hybridized carbons (Fsp3) is 0.300. The molecule has 0 saturated heterocycles. The van der Waals surface area contributed by atoms with Gasteiger partial charge in [0, 0.05) is 18.7 Å². The van der Waals surface area contributed by atoms with Gasteiger partial charge in [-0.3, -0.25) is 4.79 Å². The SMILES string of the molecule is CCN(CC)S(=O)(=O)c1cccc(C(=O)N/N=C(\C)c2ccc(C)cc2)c1. The number of benzene rings is 2. The monoisotopic (exact) mass is 387 g/mol. The van der Waals surface area contributed by atoms with Crippen LogP contribution in [0.1, 0.15) is 42.3 Å². The Bertz CT molecular complexity index is 931. The number of nitrogens with zero attached hydrogens (tertiary/aromatic N) is 2. The Labute approximate surface area is 161 Å². The molecule has 0 radical (unpaired) electrons. The minimum Gasteiger partial charge on any atom is -0.267 e. The highest BCUT2D eigenvalue weighted by molar-refractivity contribution is 7.89. The molecule has 0 aliphatic rings. The number of rotatable bonds is 7. The van der Waals surface area contributed by atoms with Gasteiger partial charge in [-0.15, -0.1) is 0 Å². The van der Waals surface area contributed by atoms with Crippen LogP contribution >= 0.6 is 0 Å². The number of aryl methyl sites for hydroxylation is 1. The minimum absolute atomic E-state index is 0.0955. The van der Waals surface area contributed by atoms with Crippen LogP contribution in [0.3, 0.4) is 0 Å². The van der Waals surface area contributed by atoms with Crippen molar-refractivity contribution in [2.24, 2.45) is 5.10 Å². The zero-order valence-electron chi connectivity index (χ0n) is 16.1. The molecule has 0 heterocycles. The van der Waals surface area contributed by atoms with E-state index in [9.17, 15) is 13.2 Å². The summed E-state index contributed by atoms with van der Waals surface area (Å²) < 4.78 is 26.6. The third-order valence-corrected chi connectivity index (χ3v) is 6.28. The average molecular weight is 388 g/mol. The maximum Gasteiger partial charge on any atom is 0.271 e. The molecule has 1 amide bonds. The van der Waals surface area contributed by atoms with E-state index in [4.69, 9.17) is 0 Å². The zero-order chi connectivity index (χ0) is 20.0. The summed E-state index contributed by atoms with van der Waals surface area (Å²) in [7, 11) is -3.62. The Kier molecular flexibility index (Phi) is 6.87. The molecule has 144 valence electrons. The van der Waals surface area contributed by atoms with Gasteiger partial charge in [0.15, 0.2) is 0 Å². The summed E-state index contributed by atoms with van der Waals surface area (Å²) in [5.41, 5.74) is 5.43. The normalized spacial score (nSPS) is 12.3. The quantitative estimate of drug-likeness (QED) is 0.585. The van der Waals surface area contributed by atoms with Crippen molar-refractivity contribution in [3.63, 3.8) is 0 Å². The van der Waals surface area contributed by atoms with E-state index in [0.29, 0.717) is 18.8 Å². The van der Waals surface area contributed by atoms with E-state index in [-0.39, 0.29) is 10.5 Å². The molecule has 7 heteroatoms. The zero-order valence-corrected chi connectivity index (χ0v) is 16.9. The lowest BCUT2D eigenvalue weighted by Gasteiger charge is -2.18. The number of nitrogens with one attached hydrogen (secondary N) is 1. The van der Waals surface area contributed by atoms with Crippen LogP contribution in [0.2, 0.25) is 0 Å². The van der Waals surface area contributed by atoms with Gasteiger partial charge in [-0.05, 0) is 37.6 Å². The highest BCUT2D eigenvalue weighted by Crippen LogP contribution is 2.17. The molecule has 0 aliphatic heterocycles. The van der Waals surface area contributed by atoms with Gasteiger partial charge >= 0.3 is 0 Å². The Morgan fingerprint density at radius 1 is 1.04 bits per heavy atom. The van der Waals surface area contributed by atoms with Crippen molar-refractivity contribution in [2.45, 2.75) is 32.6 Å². The molecule has 0 spiro atoms. The molecule has 1 N–H and O–H groups in total. The van der Waals surface area contributed by atoms with Crippen LogP contribution < -0.4 is 5.43 Å². The molecule has 0 fully saturated rings.